The van der Waals surface area contributed by atoms with E-state index in [9.17, 15) is 18.4 Å². The average molecular weight is 1020 g/mol. The number of carbonyl (C=O) groups is 2. The van der Waals surface area contributed by atoms with Crippen LogP contribution in [0.25, 0.3) is 22.3 Å². The lowest BCUT2D eigenvalue weighted by Gasteiger charge is -2.26. The van der Waals surface area contributed by atoms with Gasteiger partial charge in [-0.05, 0) is 122 Å². The summed E-state index contributed by atoms with van der Waals surface area (Å²) in [6.07, 6.45) is 3.14. The Kier molecular flexibility index (Phi) is 14.1. The summed E-state index contributed by atoms with van der Waals surface area (Å²) in [5, 5.41) is 1.01. The molecule has 2 aliphatic carbocycles. The van der Waals surface area contributed by atoms with Gasteiger partial charge in [0.05, 0.1) is 45.0 Å². The second-order valence-corrected chi connectivity index (χ2v) is 17.4. The Morgan fingerprint density at radius 2 is 1.13 bits per heavy atom. The van der Waals surface area contributed by atoms with Crippen molar-refractivity contribution in [2.45, 2.75) is 80.4 Å². The van der Waals surface area contributed by atoms with Gasteiger partial charge in [-0.2, -0.15) is 0 Å². The average Bonchev–Trinajstić information content (AvgIpc) is 3.60. The minimum atomic E-state index is -0.663. The Morgan fingerprint density at radius 1 is 0.698 bits per heavy atom. The number of amides is 2. The number of ether oxygens (including phenoxy) is 2. The van der Waals surface area contributed by atoms with Crippen LogP contribution in [0.1, 0.15) is 78.9 Å². The quantitative estimate of drug-likeness (QED) is 0.161. The maximum absolute atomic E-state index is 14.5. The third-order valence-corrected chi connectivity index (χ3v) is 11.3. The highest BCUT2D eigenvalue weighted by Gasteiger charge is 2.34. The van der Waals surface area contributed by atoms with E-state index in [2.05, 4.69) is 55.1 Å². The van der Waals surface area contributed by atoms with Crippen LogP contribution < -0.4 is 9.80 Å². The minimum Gasteiger partial charge on any atom is -0.443 e. The van der Waals surface area contributed by atoms with E-state index in [1.807, 2.05) is 0 Å². The molecule has 53 heavy (non-hydrogen) atoms. The molecule has 2 heterocycles. The van der Waals surface area contributed by atoms with Gasteiger partial charge in [0.25, 0.3) is 0 Å². The van der Waals surface area contributed by atoms with Crippen LogP contribution in [-0.2, 0) is 22.3 Å². The van der Waals surface area contributed by atoms with E-state index >= 15 is 0 Å². The number of fused-ring (bicyclic) bond motifs is 6. The number of hydrogen-bond acceptors (Lipinski definition) is 6. The molecule has 2 aromatic heterocycles. The highest BCUT2D eigenvalue weighted by Crippen LogP contribution is 2.50. The summed E-state index contributed by atoms with van der Waals surface area (Å²) in [6.45, 7) is 10.7. The lowest BCUT2D eigenvalue weighted by molar-refractivity contribution is 0.0578. The Balaban J connectivity index is 0.000000275. The molecule has 2 aliphatic rings. The van der Waals surface area contributed by atoms with Crippen LogP contribution in [0.3, 0.4) is 0 Å². The summed E-state index contributed by atoms with van der Waals surface area (Å²) in [7, 11) is 3.11. The van der Waals surface area contributed by atoms with Gasteiger partial charge in [-0.3, -0.25) is 19.8 Å². The number of aromatic nitrogens is 2. The molecule has 0 spiro atoms. The third-order valence-electron chi connectivity index (χ3n) is 7.86. The van der Waals surface area contributed by atoms with Gasteiger partial charge in [0.1, 0.15) is 22.8 Å². The lowest BCUT2D eigenvalue weighted by atomic mass is 10.0. The smallest absolute Gasteiger partial charge is 0.414 e. The van der Waals surface area contributed by atoms with Gasteiger partial charge in [0, 0.05) is 56.0 Å². The molecule has 0 aliphatic heterocycles. The van der Waals surface area contributed by atoms with Gasteiger partial charge in [-0.15, -0.1) is 0 Å². The monoisotopic (exact) mass is 1010 g/mol. The van der Waals surface area contributed by atoms with E-state index in [4.69, 9.17) is 44.3 Å². The molecule has 2 amide bonds. The summed E-state index contributed by atoms with van der Waals surface area (Å²) >= 11 is 23.3. The van der Waals surface area contributed by atoms with Gasteiger partial charge in [-0.1, -0.05) is 49.7 Å². The Hall–Kier alpha value is -2.53. The van der Waals surface area contributed by atoms with Crippen molar-refractivity contribution in [2.75, 3.05) is 23.9 Å². The zero-order valence-corrected chi connectivity index (χ0v) is 35.5. The predicted octanol–water partition coefficient (Wildman–Crippen LogP) is 12.8. The molecule has 0 saturated heterocycles. The van der Waals surface area contributed by atoms with Crippen LogP contribution in [0, 0.1) is 18.8 Å². The number of nitrogens with zero attached hydrogens (tertiary/aromatic N) is 4. The van der Waals surface area contributed by atoms with Crippen LogP contribution in [-0.4, -0.2) is 47.5 Å². The minimum absolute atomic E-state index is 0. The van der Waals surface area contributed by atoms with E-state index in [0.29, 0.717) is 62.2 Å². The largest absolute Gasteiger partial charge is 0.443 e. The molecule has 0 atom stereocenters. The molecule has 0 unspecified atom stereocenters. The van der Waals surface area contributed by atoms with E-state index in [0.717, 1.165) is 24.0 Å². The Bertz CT molecular complexity index is 2110. The fraction of sp³-hybridized carbons (Fsp3) is 0.368. The zero-order chi connectivity index (χ0) is 37.9. The first-order chi connectivity index (χ1) is 23.6. The Labute approximate surface area is 352 Å². The Morgan fingerprint density at radius 3 is 1.62 bits per heavy atom. The molecule has 4 aromatic rings. The molecule has 0 radical (unpaired) electrons. The maximum Gasteiger partial charge on any atom is 0.414 e. The summed E-state index contributed by atoms with van der Waals surface area (Å²) in [5.74, 6) is -1.06. The highest BCUT2D eigenvalue weighted by molar-refractivity contribution is 14.1. The first kappa shape index (κ1) is 44.9. The van der Waals surface area contributed by atoms with Crippen molar-refractivity contribution in [1.82, 2.24) is 9.97 Å². The number of benzene rings is 2. The number of hydrogen-bond donors (Lipinski definition) is 0. The molecular formula is C38H41Cl3F2I2N4O4. The second kappa shape index (κ2) is 16.7. The van der Waals surface area contributed by atoms with Crippen molar-refractivity contribution in [3.8, 4) is 22.3 Å². The van der Waals surface area contributed by atoms with Gasteiger partial charge in [0.2, 0.25) is 0 Å². The van der Waals surface area contributed by atoms with Crippen molar-refractivity contribution >= 4 is 104 Å². The zero-order valence-electron chi connectivity index (χ0n) is 28.9. The van der Waals surface area contributed by atoms with Gasteiger partial charge < -0.3 is 9.47 Å². The molecule has 0 fully saturated rings. The van der Waals surface area contributed by atoms with Gasteiger partial charge >= 0.3 is 12.2 Å². The molecule has 6 rings (SSSR count). The molecule has 15 heteroatoms. The standard InChI is InChI=1S/C18H16Cl2FIN2O2.C18H17ClFIN2O2.2CH4/c1-18(2,3)26-17(25)24(4)12-6-9(21)15(19)13-8(12)5-11-14(13)16(20)10(22)7-23-11;1-18(2,3)25-17(24)23(4)14-6-9(20)5-11-10(14)7-13-15(11)16(19)12(21)8-22-13;;/h6-7H,5H2,1-4H3;5-6,8H,7H2,1-4H3;2*1H4. The van der Waals surface area contributed by atoms with Crippen LogP contribution in [0.15, 0.2) is 30.6 Å². The van der Waals surface area contributed by atoms with Crippen LogP contribution in [0.2, 0.25) is 15.1 Å². The second-order valence-electron chi connectivity index (χ2n) is 13.9. The molecule has 0 saturated carbocycles. The lowest BCUT2D eigenvalue weighted by Crippen LogP contribution is -2.34. The van der Waals surface area contributed by atoms with E-state index in [1.165, 1.54) is 28.0 Å². The van der Waals surface area contributed by atoms with Crippen LogP contribution in [0.5, 0.6) is 0 Å². The summed E-state index contributed by atoms with van der Waals surface area (Å²) < 4.78 is 41.2. The van der Waals surface area contributed by atoms with Gasteiger partial charge in [0.15, 0.2) is 0 Å². The first-order valence-electron chi connectivity index (χ1n) is 15.5. The SMILES string of the molecule is C.C.CN(C(=O)OC(C)(C)C)c1cc(F)c(Cl)c2c1Cc1ncc(I)c(Cl)c1-2.CN(C(=O)OC(C)(C)C)c1cc(F)cc2c1Cc1ncc(I)c(Cl)c1-2. The van der Waals surface area contributed by atoms with Crippen molar-refractivity contribution < 1.29 is 27.8 Å². The maximum atomic E-state index is 14.5. The topological polar surface area (TPSA) is 84.9 Å². The van der Waals surface area contributed by atoms with E-state index < -0.39 is 35.0 Å². The van der Waals surface area contributed by atoms with Crippen molar-refractivity contribution in [3.05, 3.63) is 87.0 Å². The first-order valence-corrected chi connectivity index (χ1v) is 18.8. The molecule has 0 N–H and O–H groups in total. The number of rotatable bonds is 2. The molecule has 8 nitrogen and oxygen atoms in total. The van der Waals surface area contributed by atoms with Crippen molar-refractivity contribution in [1.29, 1.82) is 0 Å². The third kappa shape index (κ3) is 9.30. The molecule has 2 aromatic carbocycles. The molecule has 286 valence electrons. The van der Waals surface area contributed by atoms with Crippen LogP contribution >= 0.6 is 80.0 Å². The highest BCUT2D eigenvalue weighted by atomic mass is 127. The number of anilines is 2. The van der Waals surface area contributed by atoms with Gasteiger partial charge in [-0.25, -0.2) is 18.4 Å². The summed E-state index contributed by atoms with van der Waals surface area (Å²) in [6, 6.07) is 4.03. The van der Waals surface area contributed by atoms with Crippen molar-refractivity contribution in [3.63, 3.8) is 0 Å². The summed E-state index contributed by atoms with van der Waals surface area (Å²) in [5.41, 5.74) is 5.10. The fourth-order valence-corrected chi connectivity index (χ4v) is 7.30. The number of carbonyl (C=O) groups excluding carboxylic acids is 2. The summed E-state index contributed by atoms with van der Waals surface area (Å²) in [4.78, 5) is 36.3. The fourth-order valence-electron chi connectivity index (χ4n) is 5.71. The predicted molar refractivity (Wildman–Crippen MR) is 228 cm³/mol. The van der Waals surface area contributed by atoms with E-state index in [-0.39, 0.29) is 19.9 Å². The number of pyridine rings is 2. The van der Waals surface area contributed by atoms with Crippen molar-refractivity contribution in [2.24, 2.45) is 0 Å². The molecular weight excluding hydrogens is 975 g/mol. The van der Waals surface area contributed by atoms with E-state index in [1.54, 1.807) is 68.0 Å². The normalized spacial score (nSPS) is 12.1. The molecule has 0 bridgehead atoms. The van der Waals surface area contributed by atoms with Crippen LogP contribution in [0.4, 0.5) is 29.7 Å². The number of halogens is 7.